The van der Waals surface area contributed by atoms with E-state index in [1.165, 1.54) is 0 Å². The smallest absolute Gasteiger partial charge is 0.150 e. The first kappa shape index (κ1) is 17.8. The third-order valence-electron chi connectivity index (χ3n) is 3.51. The van der Waals surface area contributed by atoms with E-state index >= 15 is 0 Å². The van der Waals surface area contributed by atoms with Gasteiger partial charge in [0.15, 0.2) is 0 Å². The van der Waals surface area contributed by atoms with Crippen molar-refractivity contribution in [3.8, 4) is 0 Å². The zero-order chi connectivity index (χ0) is 17.0. The minimum Gasteiger partial charge on any atom is -0.396 e. The van der Waals surface area contributed by atoms with Gasteiger partial charge in [-0.2, -0.15) is 0 Å². The molecular weight excluding hydrogens is 300 g/mol. The van der Waals surface area contributed by atoms with Crippen molar-refractivity contribution >= 4 is 30.1 Å². The van der Waals surface area contributed by atoms with Crippen molar-refractivity contribution in [2.75, 3.05) is 6.61 Å². The number of unbranched alkanes of at least 4 members (excludes halogenated alkanes) is 3. The Morgan fingerprint density at radius 3 is 2.46 bits per heavy atom. The van der Waals surface area contributed by atoms with E-state index in [-0.39, 0.29) is 6.61 Å². The monoisotopic (exact) mass is 322 g/mol. The van der Waals surface area contributed by atoms with Crippen molar-refractivity contribution < 1.29 is 9.90 Å². The minimum atomic E-state index is 0.233. The topological polar surface area (TPSA) is 62.0 Å². The van der Waals surface area contributed by atoms with Crippen LogP contribution in [0, 0.1) is 0 Å². The van der Waals surface area contributed by atoms with Gasteiger partial charge in [0.2, 0.25) is 0 Å². The van der Waals surface area contributed by atoms with E-state index in [4.69, 9.17) is 5.11 Å². The predicted molar refractivity (Wildman–Crippen MR) is 99.2 cm³/mol. The summed E-state index contributed by atoms with van der Waals surface area (Å²) in [6, 6.07) is 15.1. The summed E-state index contributed by atoms with van der Waals surface area (Å²) in [6.45, 7) is 0.233. The van der Waals surface area contributed by atoms with E-state index < -0.39 is 0 Å². The van der Waals surface area contributed by atoms with E-state index in [0.717, 1.165) is 43.2 Å². The molecule has 0 saturated carbocycles. The van der Waals surface area contributed by atoms with Crippen molar-refractivity contribution in [1.82, 2.24) is 0 Å². The molecule has 0 unspecified atom stereocenters. The van der Waals surface area contributed by atoms with Crippen molar-refractivity contribution in [2.45, 2.75) is 25.7 Å². The van der Waals surface area contributed by atoms with E-state index in [0.29, 0.717) is 11.3 Å². The summed E-state index contributed by atoms with van der Waals surface area (Å²) in [5.41, 5.74) is 3.02. The lowest BCUT2D eigenvalue weighted by Crippen LogP contribution is -1.84. The Labute approximate surface area is 142 Å². The molecule has 0 radical (unpaired) electrons. The molecule has 0 spiro atoms. The summed E-state index contributed by atoms with van der Waals surface area (Å²) in [5.74, 6) is 0. The second kappa shape index (κ2) is 10.2. The number of hydrogen-bond acceptors (Lipinski definition) is 4. The molecule has 0 aliphatic heterocycles. The van der Waals surface area contributed by atoms with E-state index in [2.05, 4.69) is 9.98 Å². The maximum atomic E-state index is 11.0. The molecule has 0 heterocycles. The summed E-state index contributed by atoms with van der Waals surface area (Å²) < 4.78 is 0. The predicted octanol–water partition coefficient (Wildman–Crippen LogP) is 4.50. The number of nitrogens with zero attached hydrogens (tertiary/aromatic N) is 2. The summed E-state index contributed by atoms with van der Waals surface area (Å²) in [6.07, 6.45) is 8.08. The van der Waals surface area contributed by atoms with Crippen LogP contribution in [0.5, 0.6) is 0 Å². The zero-order valence-electron chi connectivity index (χ0n) is 13.6. The fraction of sp³-hybridized carbons (Fsp3) is 0.250. The van der Waals surface area contributed by atoms with Crippen LogP contribution >= 0.6 is 0 Å². The SMILES string of the molecule is O=Cc1ccc(N=Cc2ccccc2)c(N=CCCCCCO)c1. The standard InChI is InChI=1S/C20H22N2O2/c23-13-7-2-1-6-12-21-20-14-18(16-24)10-11-19(20)22-15-17-8-4-3-5-9-17/h3-5,8-12,14-16,23H,1-2,6-7,13H2. The average molecular weight is 322 g/mol. The Bertz CT molecular complexity index is 694. The molecule has 1 N–H and O–H groups in total. The van der Waals surface area contributed by atoms with Gasteiger partial charge in [0.1, 0.15) is 6.29 Å². The molecule has 0 amide bonds. The van der Waals surface area contributed by atoms with Gasteiger partial charge in [0.05, 0.1) is 11.4 Å². The van der Waals surface area contributed by atoms with Gasteiger partial charge in [-0.05, 0) is 43.0 Å². The van der Waals surface area contributed by atoms with Crippen LogP contribution in [-0.4, -0.2) is 30.4 Å². The molecule has 0 atom stereocenters. The van der Waals surface area contributed by atoms with Gasteiger partial charge in [0.25, 0.3) is 0 Å². The lowest BCUT2D eigenvalue weighted by Gasteiger charge is -2.02. The first-order valence-electron chi connectivity index (χ1n) is 8.15. The fourth-order valence-electron chi connectivity index (χ4n) is 2.20. The molecular formula is C20H22N2O2. The van der Waals surface area contributed by atoms with Crippen molar-refractivity contribution in [1.29, 1.82) is 0 Å². The minimum absolute atomic E-state index is 0.233. The highest BCUT2D eigenvalue weighted by atomic mass is 16.2. The van der Waals surface area contributed by atoms with Crippen LogP contribution in [0.4, 0.5) is 11.4 Å². The normalized spacial score (nSPS) is 11.4. The molecule has 0 saturated heterocycles. The first-order chi connectivity index (χ1) is 11.8. The summed E-state index contributed by atoms with van der Waals surface area (Å²) in [7, 11) is 0. The Morgan fingerprint density at radius 1 is 0.875 bits per heavy atom. The molecule has 0 bridgehead atoms. The van der Waals surface area contributed by atoms with Crippen LogP contribution in [0.15, 0.2) is 58.5 Å². The van der Waals surface area contributed by atoms with E-state index in [1.807, 2.05) is 42.6 Å². The van der Waals surface area contributed by atoms with Gasteiger partial charge < -0.3 is 5.11 Å². The van der Waals surface area contributed by atoms with Gasteiger partial charge in [0, 0.05) is 24.6 Å². The molecule has 2 aromatic rings. The quantitative estimate of drug-likeness (QED) is 0.419. The second-order valence-corrected chi connectivity index (χ2v) is 5.42. The molecule has 0 fully saturated rings. The molecule has 0 aliphatic carbocycles. The molecule has 0 aliphatic rings. The van der Waals surface area contributed by atoms with Crippen molar-refractivity contribution in [3.63, 3.8) is 0 Å². The van der Waals surface area contributed by atoms with E-state index in [9.17, 15) is 4.79 Å². The molecule has 4 heteroatoms. The van der Waals surface area contributed by atoms with Crippen LogP contribution in [0.1, 0.15) is 41.6 Å². The van der Waals surface area contributed by atoms with Crippen LogP contribution < -0.4 is 0 Å². The summed E-state index contributed by atoms with van der Waals surface area (Å²) in [4.78, 5) is 19.9. The number of benzene rings is 2. The molecule has 2 rings (SSSR count). The molecule has 2 aromatic carbocycles. The van der Waals surface area contributed by atoms with Gasteiger partial charge in [-0.25, -0.2) is 0 Å². The number of aldehydes is 1. The lowest BCUT2D eigenvalue weighted by atomic mass is 10.2. The summed E-state index contributed by atoms with van der Waals surface area (Å²) >= 11 is 0. The fourth-order valence-corrected chi connectivity index (χ4v) is 2.20. The molecule has 0 aromatic heterocycles. The zero-order valence-corrected chi connectivity index (χ0v) is 13.6. The third-order valence-corrected chi connectivity index (χ3v) is 3.51. The van der Waals surface area contributed by atoms with Crippen LogP contribution in [0.2, 0.25) is 0 Å². The van der Waals surface area contributed by atoms with Crippen molar-refractivity contribution in [3.05, 3.63) is 59.7 Å². The maximum absolute atomic E-state index is 11.0. The number of hydrogen-bond donors (Lipinski definition) is 1. The molecule has 124 valence electrons. The Hall–Kier alpha value is -2.59. The Balaban J connectivity index is 2.11. The number of carbonyl (C=O) groups is 1. The van der Waals surface area contributed by atoms with Gasteiger partial charge in [-0.3, -0.25) is 14.8 Å². The van der Waals surface area contributed by atoms with Crippen molar-refractivity contribution in [2.24, 2.45) is 9.98 Å². The van der Waals surface area contributed by atoms with Crippen LogP contribution in [-0.2, 0) is 0 Å². The Kier molecular flexibility index (Phi) is 7.57. The van der Waals surface area contributed by atoms with Gasteiger partial charge >= 0.3 is 0 Å². The van der Waals surface area contributed by atoms with Crippen LogP contribution in [0.3, 0.4) is 0 Å². The number of aliphatic hydroxyl groups excluding tert-OH is 1. The molecule has 4 nitrogen and oxygen atoms in total. The summed E-state index contributed by atoms with van der Waals surface area (Å²) in [5, 5.41) is 8.77. The maximum Gasteiger partial charge on any atom is 0.150 e. The Morgan fingerprint density at radius 2 is 1.71 bits per heavy atom. The van der Waals surface area contributed by atoms with Gasteiger partial charge in [-0.15, -0.1) is 0 Å². The first-order valence-corrected chi connectivity index (χ1v) is 8.15. The third kappa shape index (κ3) is 5.89. The number of rotatable bonds is 9. The van der Waals surface area contributed by atoms with E-state index in [1.54, 1.807) is 18.3 Å². The average Bonchev–Trinajstić information content (AvgIpc) is 2.64. The van der Waals surface area contributed by atoms with Crippen LogP contribution in [0.25, 0.3) is 0 Å². The van der Waals surface area contributed by atoms with Gasteiger partial charge in [-0.1, -0.05) is 36.8 Å². The number of carbonyl (C=O) groups excluding carboxylic acids is 1. The highest BCUT2D eigenvalue weighted by Gasteiger charge is 2.01. The highest BCUT2D eigenvalue weighted by molar-refractivity contribution is 5.86. The molecule has 24 heavy (non-hydrogen) atoms. The second-order valence-electron chi connectivity index (χ2n) is 5.42. The number of aliphatic imine (C=N–C) groups is 2. The largest absolute Gasteiger partial charge is 0.396 e. The lowest BCUT2D eigenvalue weighted by molar-refractivity contribution is 0.112. The highest BCUT2D eigenvalue weighted by Crippen LogP contribution is 2.28. The number of aliphatic hydroxyl groups is 1.